The molecule has 0 bridgehead atoms. The highest BCUT2D eigenvalue weighted by Gasteiger charge is 2.20. The second-order valence-electron chi connectivity index (χ2n) is 5.88. The Kier molecular flexibility index (Phi) is 5.75. The summed E-state index contributed by atoms with van der Waals surface area (Å²) in [6.45, 7) is 3.80. The van der Waals surface area contributed by atoms with Crippen LogP contribution in [0.4, 0.5) is 5.69 Å². The van der Waals surface area contributed by atoms with Crippen molar-refractivity contribution in [2.75, 3.05) is 18.1 Å². The molecule has 6 heteroatoms. The highest BCUT2D eigenvalue weighted by Crippen LogP contribution is 2.14. The Morgan fingerprint density at radius 3 is 2.25 bits per heavy atom. The Morgan fingerprint density at radius 1 is 1.04 bits per heavy atom. The minimum Gasteiger partial charge on any atom is -0.325 e. The number of anilines is 1. The number of rotatable bonds is 6. The quantitative estimate of drug-likeness (QED) is 0.874. The second kappa shape index (κ2) is 7.59. The second-order valence-corrected chi connectivity index (χ2v) is 7.86. The number of aryl methyl sites for hydroxylation is 2. The average Bonchev–Trinajstić information content (AvgIpc) is 2.50. The molecule has 2 aromatic rings. The van der Waals surface area contributed by atoms with Gasteiger partial charge >= 0.3 is 0 Å². The number of para-hydroxylation sites is 1. The van der Waals surface area contributed by atoms with Crippen LogP contribution >= 0.6 is 0 Å². The van der Waals surface area contributed by atoms with Gasteiger partial charge in [-0.3, -0.25) is 4.79 Å². The fourth-order valence-electron chi connectivity index (χ4n) is 2.25. The molecular weight excluding hydrogens is 324 g/mol. The lowest BCUT2D eigenvalue weighted by Crippen LogP contribution is -2.37. The smallest absolute Gasteiger partial charge is 0.239 e. The summed E-state index contributed by atoms with van der Waals surface area (Å²) in [4.78, 5) is 12.2. The van der Waals surface area contributed by atoms with Gasteiger partial charge in [0.15, 0.2) is 0 Å². The van der Waals surface area contributed by atoms with E-state index in [4.69, 9.17) is 0 Å². The molecule has 0 aliphatic carbocycles. The van der Waals surface area contributed by atoms with Crippen molar-refractivity contribution in [1.82, 2.24) is 4.31 Å². The lowest BCUT2D eigenvalue weighted by molar-refractivity contribution is -0.116. The van der Waals surface area contributed by atoms with E-state index in [9.17, 15) is 13.2 Å². The highest BCUT2D eigenvalue weighted by molar-refractivity contribution is 7.88. The fourth-order valence-corrected chi connectivity index (χ4v) is 2.99. The zero-order valence-corrected chi connectivity index (χ0v) is 14.9. The summed E-state index contributed by atoms with van der Waals surface area (Å²) in [5.41, 5.74) is 3.55. The third kappa shape index (κ3) is 5.18. The predicted octanol–water partition coefficient (Wildman–Crippen LogP) is 2.70. The van der Waals surface area contributed by atoms with Crippen LogP contribution in [0.25, 0.3) is 0 Å². The molecule has 0 radical (unpaired) electrons. The van der Waals surface area contributed by atoms with Crippen molar-refractivity contribution in [2.45, 2.75) is 20.4 Å². The molecule has 0 aromatic heterocycles. The number of amides is 1. The SMILES string of the molecule is Cc1ccc(CN(CC(=O)Nc2ccccc2C)S(C)(=O)=O)cc1. The first-order chi connectivity index (χ1) is 11.3. The van der Waals surface area contributed by atoms with E-state index in [1.165, 1.54) is 4.31 Å². The van der Waals surface area contributed by atoms with Gasteiger partial charge in [-0.15, -0.1) is 0 Å². The van der Waals surface area contributed by atoms with Crippen LogP contribution in [-0.2, 0) is 21.4 Å². The molecule has 24 heavy (non-hydrogen) atoms. The minimum absolute atomic E-state index is 0.167. The van der Waals surface area contributed by atoms with E-state index in [-0.39, 0.29) is 19.0 Å². The van der Waals surface area contributed by atoms with E-state index in [2.05, 4.69) is 5.32 Å². The molecule has 2 aromatic carbocycles. The zero-order valence-electron chi connectivity index (χ0n) is 14.1. The summed E-state index contributed by atoms with van der Waals surface area (Å²) in [7, 11) is -3.50. The first-order valence-corrected chi connectivity index (χ1v) is 9.46. The van der Waals surface area contributed by atoms with Crippen molar-refractivity contribution in [2.24, 2.45) is 0 Å². The van der Waals surface area contributed by atoms with Crippen molar-refractivity contribution in [3.63, 3.8) is 0 Å². The summed E-state index contributed by atoms with van der Waals surface area (Å²) in [5.74, 6) is -0.359. The van der Waals surface area contributed by atoms with E-state index in [1.54, 1.807) is 6.07 Å². The van der Waals surface area contributed by atoms with Crippen LogP contribution in [0.3, 0.4) is 0 Å². The number of sulfonamides is 1. The van der Waals surface area contributed by atoms with Crippen molar-refractivity contribution < 1.29 is 13.2 Å². The zero-order chi connectivity index (χ0) is 17.7. The Labute approximate surface area is 143 Å². The van der Waals surface area contributed by atoms with Crippen molar-refractivity contribution >= 4 is 21.6 Å². The Balaban J connectivity index is 2.10. The molecule has 5 nitrogen and oxygen atoms in total. The van der Waals surface area contributed by atoms with Gasteiger partial charge in [-0.05, 0) is 31.0 Å². The normalized spacial score (nSPS) is 11.5. The van der Waals surface area contributed by atoms with Gasteiger partial charge in [0.25, 0.3) is 0 Å². The van der Waals surface area contributed by atoms with Crippen LogP contribution in [-0.4, -0.2) is 31.4 Å². The van der Waals surface area contributed by atoms with Crippen LogP contribution in [0, 0.1) is 13.8 Å². The molecule has 0 unspecified atom stereocenters. The monoisotopic (exact) mass is 346 g/mol. The number of carbonyl (C=O) groups excluding carboxylic acids is 1. The van der Waals surface area contributed by atoms with Gasteiger partial charge < -0.3 is 5.32 Å². The van der Waals surface area contributed by atoms with E-state index in [1.807, 2.05) is 56.3 Å². The number of nitrogens with zero attached hydrogens (tertiary/aromatic N) is 1. The summed E-state index contributed by atoms with van der Waals surface area (Å²) in [6, 6.07) is 15.0. The van der Waals surface area contributed by atoms with E-state index < -0.39 is 10.0 Å². The molecule has 0 saturated heterocycles. The fraction of sp³-hybridized carbons (Fsp3) is 0.278. The van der Waals surface area contributed by atoms with Gasteiger partial charge in [0, 0.05) is 12.2 Å². The van der Waals surface area contributed by atoms with Crippen molar-refractivity contribution in [1.29, 1.82) is 0 Å². The predicted molar refractivity (Wildman–Crippen MR) is 96.2 cm³/mol. The first kappa shape index (κ1) is 18.2. The van der Waals surface area contributed by atoms with Gasteiger partial charge in [0.05, 0.1) is 12.8 Å². The standard InChI is InChI=1S/C18H22N2O3S/c1-14-8-10-16(11-9-14)12-20(24(3,22)23)13-18(21)19-17-7-5-4-6-15(17)2/h4-11H,12-13H2,1-3H3,(H,19,21). The van der Waals surface area contributed by atoms with E-state index in [0.717, 1.165) is 22.9 Å². The summed E-state index contributed by atoms with van der Waals surface area (Å²) < 4.78 is 25.2. The van der Waals surface area contributed by atoms with Crippen molar-refractivity contribution in [3.8, 4) is 0 Å². The molecule has 0 fully saturated rings. The van der Waals surface area contributed by atoms with Crippen molar-refractivity contribution in [3.05, 3.63) is 65.2 Å². The third-order valence-corrected chi connectivity index (χ3v) is 4.88. The lowest BCUT2D eigenvalue weighted by atomic mass is 10.1. The summed E-state index contributed by atoms with van der Waals surface area (Å²) in [5, 5.41) is 2.76. The van der Waals surface area contributed by atoms with Gasteiger partial charge in [0.1, 0.15) is 0 Å². The Morgan fingerprint density at radius 2 is 1.67 bits per heavy atom. The molecule has 1 amide bonds. The van der Waals surface area contributed by atoms with Crippen LogP contribution in [0.15, 0.2) is 48.5 Å². The maximum absolute atomic E-state index is 12.2. The van der Waals surface area contributed by atoms with Crippen LogP contribution in [0.5, 0.6) is 0 Å². The maximum Gasteiger partial charge on any atom is 0.239 e. The topological polar surface area (TPSA) is 66.5 Å². The maximum atomic E-state index is 12.2. The number of hydrogen-bond donors (Lipinski definition) is 1. The highest BCUT2D eigenvalue weighted by atomic mass is 32.2. The molecule has 2 rings (SSSR count). The van der Waals surface area contributed by atoms with Gasteiger partial charge in [-0.2, -0.15) is 4.31 Å². The molecule has 0 atom stereocenters. The van der Waals surface area contributed by atoms with Gasteiger partial charge in [-0.25, -0.2) is 8.42 Å². The van der Waals surface area contributed by atoms with Gasteiger partial charge in [0.2, 0.25) is 15.9 Å². The van der Waals surface area contributed by atoms with E-state index >= 15 is 0 Å². The molecule has 0 spiro atoms. The Hall–Kier alpha value is -2.18. The number of nitrogens with one attached hydrogen (secondary N) is 1. The number of benzene rings is 2. The van der Waals surface area contributed by atoms with Crippen LogP contribution in [0.2, 0.25) is 0 Å². The third-order valence-electron chi connectivity index (χ3n) is 3.69. The average molecular weight is 346 g/mol. The molecular formula is C18H22N2O3S. The summed E-state index contributed by atoms with van der Waals surface area (Å²) >= 11 is 0. The van der Waals surface area contributed by atoms with E-state index in [0.29, 0.717) is 5.69 Å². The molecule has 128 valence electrons. The van der Waals surface area contributed by atoms with Crippen LogP contribution in [0.1, 0.15) is 16.7 Å². The van der Waals surface area contributed by atoms with Crippen LogP contribution < -0.4 is 5.32 Å². The molecule has 0 aliphatic rings. The van der Waals surface area contributed by atoms with Gasteiger partial charge in [-0.1, -0.05) is 48.0 Å². The molecule has 0 heterocycles. The lowest BCUT2D eigenvalue weighted by Gasteiger charge is -2.20. The number of hydrogen-bond acceptors (Lipinski definition) is 3. The molecule has 0 aliphatic heterocycles. The minimum atomic E-state index is -3.50. The summed E-state index contributed by atoms with van der Waals surface area (Å²) in [6.07, 6.45) is 1.11. The number of carbonyl (C=O) groups is 1. The Bertz CT molecular complexity index is 814. The molecule has 1 N–H and O–H groups in total. The first-order valence-electron chi connectivity index (χ1n) is 7.62. The molecule has 0 saturated carbocycles. The largest absolute Gasteiger partial charge is 0.325 e.